The lowest BCUT2D eigenvalue weighted by Crippen LogP contribution is -3.00. The molecule has 0 saturated carbocycles. The van der Waals surface area contributed by atoms with E-state index in [2.05, 4.69) is 164 Å². The molecule has 1 aliphatic rings. The fourth-order valence-corrected chi connectivity index (χ4v) is 9.96. The molecule has 8 heteroatoms. The number of halogens is 1. The molecule has 4 nitrogen and oxygen atoms in total. The first-order valence-electron chi connectivity index (χ1n) is 16.7. The highest BCUT2D eigenvalue weighted by Crippen LogP contribution is 2.50. The molecule has 4 aromatic carbocycles. The van der Waals surface area contributed by atoms with Crippen LogP contribution in [0.5, 0.6) is 0 Å². The van der Waals surface area contributed by atoms with Crippen molar-refractivity contribution >= 4 is 57.2 Å². The van der Waals surface area contributed by atoms with Crippen molar-refractivity contribution in [2.75, 3.05) is 6.54 Å². The first-order valence-corrected chi connectivity index (χ1v) is 19.2. The van der Waals surface area contributed by atoms with E-state index in [-0.39, 0.29) is 29.5 Å². The molecule has 0 unspecified atom stereocenters. The predicted octanol–water partition coefficient (Wildman–Crippen LogP) is 5.68. The van der Waals surface area contributed by atoms with Gasteiger partial charge < -0.3 is 28.9 Å². The van der Waals surface area contributed by atoms with Gasteiger partial charge in [0.15, 0.2) is 0 Å². The Bertz CT molecular complexity index is 2330. The molecule has 3 heterocycles. The summed E-state index contributed by atoms with van der Waals surface area (Å²) in [6.07, 6.45) is 6.35. The molecule has 0 spiro atoms. The minimum Gasteiger partial charge on any atom is -1.00 e. The van der Waals surface area contributed by atoms with Gasteiger partial charge in [-0.25, -0.2) is 0 Å². The van der Waals surface area contributed by atoms with E-state index in [0.717, 1.165) is 32.3 Å². The van der Waals surface area contributed by atoms with Crippen molar-refractivity contribution in [2.45, 2.75) is 33.9 Å². The van der Waals surface area contributed by atoms with Crippen LogP contribution in [-0.4, -0.2) is 16.0 Å². The van der Waals surface area contributed by atoms with Crippen LogP contribution in [0.2, 0.25) is 0 Å². The molecule has 0 aliphatic carbocycles. The van der Waals surface area contributed by atoms with Crippen LogP contribution in [0.4, 0.5) is 0 Å². The summed E-state index contributed by atoms with van der Waals surface area (Å²) in [6.45, 7) is 8.67. The third-order valence-electron chi connectivity index (χ3n) is 8.59. The zero-order chi connectivity index (χ0) is 33.7. The SMILES string of the molecule is CCN1C(c2ccccc2)=C(c2ccccc2)S/C1=C/C=c1/s/c(=C\c2sc(-c3ccccc3)c(-c3ccccc3)[n+]2CC)n(CC)c1=O.[I-]. The van der Waals surface area contributed by atoms with E-state index < -0.39 is 0 Å². The van der Waals surface area contributed by atoms with Crippen LogP contribution in [0.15, 0.2) is 137 Å². The van der Waals surface area contributed by atoms with Crippen molar-refractivity contribution in [1.29, 1.82) is 0 Å². The Hall–Kier alpha value is -3.96. The van der Waals surface area contributed by atoms with E-state index in [1.165, 1.54) is 43.4 Å². The summed E-state index contributed by atoms with van der Waals surface area (Å²) in [7, 11) is 0. The molecule has 0 amide bonds. The van der Waals surface area contributed by atoms with Gasteiger partial charge in [0.1, 0.15) is 16.1 Å². The summed E-state index contributed by atoms with van der Waals surface area (Å²) in [5.74, 6) is 0. The Morgan fingerprint density at radius 1 is 0.660 bits per heavy atom. The van der Waals surface area contributed by atoms with Gasteiger partial charge in [0.2, 0.25) is 5.69 Å². The van der Waals surface area contributed by atoms with Gasteiger partial charge in [-0.3, -0.25) is 9.36 Å². The maximum atomic E-state index is 13.9. The largest absolute Gasteiger partial charge is 1.00 e. The average molecular weight is 824 g/mol. The predicted molar refractivity (Wildman–Crippen MR) is 210 cm³/mol. The van der Waals surface area contributed by atoms with Gasteiger partial charge in [0.05, 0.1) is 21.3 Å². The second kappa shape index (κ2) is 16.4. The highest BCUT2D eigenvalue weighted by atomic mass is 127. The summed E-state index contributed by atoms with van der Waals surface area (Å²) in [5.41, 5.74) is 7.22. The Labute approximate surface area is 323 Å². The number of aromatic nitrogens is 2. The third kappa shape index (κ3) is 7.12. The Morgan fingerprint density at radius 2 is 1.22 bits per heavy atom. The average Bonchev–Trinajstić information content (AvgIpc) is 3.82. The highest BCUT2D eigenvalue weighted by Gasteiger charge is 2.29. The lowest BCUT2D eigenvalue weighted by molar-refractivity contribution is -0.679. The normalized spacial score (nSPS) is 14.5. The molecule has 252 valence electrons. The Morgan fingerprint density at radius 3 is 1.78 bits per heavy atom. The molecule has 0 fully saturated rings. The van der Waals surface area contributed by atoms with E-state index in [9.17, 15) is 4.79 Å². The Kier molecular flexibility index (Phi) is 11.7. The molecular formula is C42H38IN3OS3. The van der Waals surface area contributed by atoms with Crippen LogP contribution in [0.3, 0.4) is 0 Å². The van der Waals surface area contributed by atoms with E-state index >= 15 is 0 Å². The molecule has 0 N–H and O–H groups in total. The molecule has 6 aromatic rings. The monoisotopic (exact) mass is 823 g/mol. The number of thiazole rings is 2. The van der Waals surface area contributed by atoms with Gasteiger partial charge in [-0.2, -0.15) is 4.57 Å². The van der Waals surface area contributed by atoms with Crippen molar-refractivity contribution in [3.05, 3.63) is 168 Å². The summed E-state index contributed by atoms with van der Waals surface area (Å²) < 4.78 is 5.98. The van der Waals surface area contributed by atoms with E-state index in [0.29, 0.717) is 6.54 Å². The van der Waals surface area contributed by atoms with Crippen molar-refractivity contribution in [1.82, 2.24) is 9.47 Å². The minimum atomic E-state index is 0. The molecule has 0 saturated heterocycles. The fraction of sp³-hybridized carbons (Fsp3) is 0.143. The van der Waals surface area contributed by atoms with Crippen LogP contribution in [0.25, 0.3) is 44.5 Å². The van der Waals surface area contributed by atoms with E-state index in [1.807, 2.05) is 10.6 Å². The first-order chi connectivity index (χ1) is 24.1. The van der Waals surface area contributed by atoms with Gasteiger partial charge >= 0.3 is 0 Å². The number of hydrogen-bond acceptors (Lipinski definition) is 5. The van der Waals surface area contributed by atoms with Gasteiger partial charge in [-0.05, 0) is 61.7 Å². The van der Waals surface area contributed by atoms with Crippen LogP contribution >= 0.6 is 34.4 Å². The van der Waals surface area contributed by atoms with Gasteiger partial charge in [0, 0.05) is 23.6 Å². The van der Waals surface area contributed by atoms with Crippen LogP contribution in [0, 0.1) is 0 Å². The number of thioether (sulfide) groups is 1. The minimum absolute atomic E-state index is 0. The molecule has 0 radical (unpaired) electrons. The second-order valence-corrected chi connectivity index (χ2v) is 14.6. The van der Waals surface area contributed by atoms with Crippen LogP contribution < -0.4 is 43.3 Å². The maximum absolute atomic E-state index is 13.9. The highest BCUT2D eigenvalue weighted by molar-refractivity contribution is 8.12. The zero-order valence-electron chi connectivity index (χ0n) is 28.3. The molecule has 2 aromatic heterocycles. The summed E-state index contributed by atoms with van der Waals surface area (Å²) in [6, 6.07) is 42.4. The zero-order valence-corrected chi connectivity index (χ0v) is 32.9. The van der Waals surface area contributed by atoms with Gasteiger partial charge in [-0.1, -0.05) is 132 Å². The number of hydrogen-bond donors (Lipinski definition) is 0. The summed E-state index contributed by atoms with van der Waals surface area (Å²) in [4.78, 5) is 18.7. The quantitative estimate of drug-likeness (QED) is 0.139. The number of benzene rings is 4. The third-order valence-corrected chi connectivity index (χ3v) is 12.0. The Balaban J connectivity index is 0.00000432. The summed E-state index contributed by atoms with van der Waals surface area (Å²) in [5, 5.41) is 2.24. The molecular weight excluding hydrogens is 786 g/mol. The summed E-state index contributed by atoms with van der Waals surface area (Å²) >= 11 is 5.12. The second-order valence-electron chi connectivity index (χ2n) is 11.5. The first kappa shape index (κ1) is 35.9. The number of nitrogens with zero attached hydrogens (tertiary/aromatic N) is 3. The van der Waals surface area contributed by atoms with Gasteiger partial charge in [0.25, 0.3) is 10.6 Å². The molecule has 0 atom stereocenters. The maximum Gasteiger partial charge on any atom is 0.269 e. The van der Waals surface area contributed by atoms with E-state index in [1.54, 1.807) is 34.4 Å². The topological polar surface area (TPSA) is 29.1 Å². The lowest BCUT2D eigenvalue weighted by atomic mass is 10.1. The molecule has 1 aliphatic heterocycles. The van der Waals surface area contributed by atoms with Crippen molar-refractivity contribution < 1.29 is 28.5 Å². The van der Waals surface area contributed by atoms with Gasteiger partial charge in [-0.15, -0.1) is 11.3 Å². The standard InChI is InChI=1S/C42H38N3OS3.HI/c1-4-43-35(48-40(32-23-15-9-16-24-32)38(43)30-19-11-7-12-20-30)28-27-34-42(46)45(6-3)37(47-34)29-36-44(5-2)39(31-21-13-8-14-22-31)41(49-36)33-25-17-10-18-26-33;/h7-29H,4-6H2,1-3H3;1H/q+1;/p-1/b34-27+,35-28+;. The van der Waals surface area contributed by atoms with E-state index in [4.69, 9.17) is 0 Å². The molecule has 0 bridgehead atoms. The smallest absolute Gasteiger partial charge is 0.269 e. The van der Waals surface area contributed by atoms with Crippen molar-refractivity contribution in [3.8, 4) is 21.7 Å². The van der Waals surface area contributed by atoms with Crippen LogP contribution in [-0.2, 0) is 13.1 Å². The van der Waals surface area contributed by atoms with Crippen LogP contribution in [0.1, 0.15) is 36.9 Å². The van der Waals surface area contributed by atoms with Crippen molar-refractivity contribution in [2.24, 2.45) is 0 Å². The number of allylic oxidation sites excluding steroid dienone is 1. The fourth-order valence-electron chi connectivity index (χ4n) is 6.29. The lowest BCUT2D eigenvalue weighted by Gasteiger charge is -2.21. The molecule has 7 rings (SSSR count). The molecule has 50 heavy (non-hydrogen) atoms. The van der Waals surface area contributed by atoms with Crippen molar-refractivity contribution in [3.63, 3.8) is 0 Å². The number of rotatable bonds is 9.